The van der Waals surface area contributed by atoms with Crippen LogP contribution < -0.4 is 0 Å². The lowest BCUT2D eigenvalue weighted by molar-refractivity contribution is -0.161. The molecule has 0 aromatic rings. The molecule has 0 aliphatic carbocycles. The summed E-state index contributed by atoms with van der Waals surface area (Å²) >= 11 is 0. The third-order valence-electron chi connectivity index (χ3n) is 18.3. The predicted octanol–water partition coefficient (Wildman–Crippen LogP) is 23.8. The van der Waals surface area contributed by atoms with Crippen molar-refractivity contribution in [1.82, 2.24) is 0 Å². The summed E-state index contributed by atoms with van der Waals surface area (Å²) in [5.41, 5.74) is 0. The van der Waals surface area contributed by atoms with Gasteiger partial charge in [-0.2, -0.15) is 0 Å². The van der Waals surface area contributed by atoms with Crippen LogP contribution in [0.1, 0.15) is 401 Å². The number of hydrogen-bond donors (Lipinski definition) is 3. The van der Waals surface area contributed by atoms with Gasteiger partial charge in [0.15, 0.2) is 12.2 Å². The number of allylic oxidation sites excluding steroid dienone is 4. The van der Waals surface area contributed by atoms with E-state index in [0.29, 0.717) is 31.6 Å². The Bertz CT molecular complexity index is 2020. The van der Waals surface area contributed by atoms with Gasteiger partial charge in [-0.1, -0.05) is 348 Å². The Morgan fingerprint density at radius 3 is 0.820 bits per heavy atom. The van der Waals surface area contributed by atoms with Crippen molar-refractivity contribution in [3.8, 4) is 0 Å². The summed E-state index contributed by atoms with van der Waals surface area (Å²) < 4.78 is 68.7. The number of phosphoric acid groups is 2. The zero-order chi connectivity index (χ0) is 73.5. The van der Waals surface area contributed by atoms with Gasteiger partial charge in [-0.3, -0.25) is 37.3 Å². The summed E-state index contributed by atoms with van der Waals surface area (Å²) in [7, 11) is -9.93. The van der Waals surface area contributed by atoms with E-state index in [4.69, 9.17) is 37.0 Å². The van der Waals surface area contributed by atoms with Crippen molar-refractivity contribution in [2.24, 2.45) is 11.8 Å². The van der Waals surface area contributed by atoms with Gasteiger partial charge in [0.25, 0.3) is 0 Å². The number of rotatable bonds is 78. The van der Waals surface area contributed by atoms with Crippen molar-refractivity contribution in [3.63, 3.8) is 0 Å². The average Bonchev–Trinajstić information content (AvgIpc) is 1.02. The fourth-order valence-electron chi connectivity index (χ4n) is 12.0. The molecule has 590 valence electrons. The van der Waals surface area contributed by atoms with Gasteiger partial charge in [-0.15, -0.1) is 0 Å². The lowest BCUT2D eigenvalue weighted by Gasteiger charge is -2.21. The highest BCUT2D eigenvalue weighted by Crippen LogP contribution is 2.45. The van der Waals surface area contributed by atoms with Crippen molar-refractivity contribution in [2.75, 3.05) is 39.6 Å². The van der Waals surface area contributed by atoms with Crippen LogP contribution in [0, 0.1) is 11.8 Å². The molecule has 0 fully saturated rings. The van der Waals surface area contributed by atoms with E-state index in [1.807, 2.05) is 0 Å². The topological polar surface area (TPSA) is 237 Å². The summed E-state index contributed by atoms with van der Waals surface area (Å²) in [6.45, 7) is 9.54. The second kappa shape index (κ2) is 72.1. The van der Waals surface area contributed by atoms with E-state index < -0.39 is 97.5 Å². The van der Waals surface area contributed by atoms with Gasteiger partial charge in [-0.25, -0.2) is 9.13 Å². The second-order valence-corrected chi connectivity index (χ2v) is 32.3. The van der Waals surface area contributed by atoms with E-state index in [0.717, 1.165) is 115 Å². The van der Waals surface area contributed by atoms with Gasteiger partial charge in [0, 0.05) is 25.7 Å². The molecule has 19 heteroatoms. The zero-order valence-electron chi connectivity index (χ0n) is 65.0. The van der Waals surface area contributed by atoms with Crippen LogP contribution in [-0.2, 0) is 65.4 Å². The highest BCUT2D eigenvalue weighted by molar-refractivity contribution is 7.47. The number of esters is 4. The first kappa shape index (κ1) is 97.5. The standard InChI is InChI=1S/C81H154O17P2/c1-7-9-11-13-15-17-19-21-23-28-31-35-39-45-51-57-63-78(83)91-69-76(97-80(85)66-60-54-47-41-37-33-29-25-24-27-30-34-38-43-49-55-61-73(3)4)71-95-99(87,88)93-67-75(82)68-94-100(89,90)96-72-77(70-92-79(84)64-58-52-48-42-44-50-56-62-74(5)6)98-81(86)65-59-53-46-40-36-32-26-22-20-18-16-14-12-10-8-2/h18,20,22,26,73-77,82H,7-17,19,21,23-25,27-72H2,1-6H3,(H,87,88)(H,89,90)/b20-18-,26-22-/t75-,76-,77-/m1/s1. The molecule has 17 nitrogen and oxygen atoms in total. The number of hydrogen-bond acceptors (Lipinski definition) is 15. The van der Waals surface area contributed by atoms with Crippen LogP contribution in [0.4, 0.5) is 0 Å². The molecule has 100 heavy (non-hydrogen) atoms. The summed E-state index contributed by atoms with van der Waals surface area (Å²) in [6, 6.07) is 0. The SMILES string of the molecule is CCCCCC/C=C\C=C/CCCCCCCC(=O)O[C@H](COC(=O)CCCCCCCCCC(C)C)COP(=O)(O)OC[C@H](O)COP(=O)(O)OC[C@@H](COC(=O)CCCCCCCCCCCCCCCCCC)OC(=O)CCCCCCCCCCCCCCCCCCC(C)C. The molecule has 0 radical (unpaired) electrons. The third kappa shape index (κ3) is 73.8. The van der Waals surface area contributed by atoms with E-state index in [9.17, 15) is 43.2 Å². The third-order valence-corrected chi connectivity index (χ3v) is 20.2. The minimum Gasteiger partial charge on any atom is -0.462 e. The van der Waals surface area contributed by atoms with Crippen LogP contribution in [0.25, 0.3) is 0 Å². The maximum atomic E-state index is 13.1. The Labute approximate surface area is 612 Å². The van der Waals surface area contributed by atoms with Crippen LogP contribution in [0.2, 0.25) is 0 Å². The van der Waals surface area contributed by atoms with Gasteiger partial charge in [0.2, 0.25) is 0 Å². The summed E-state index contributed by atoms with van der Waals surface area (Å²) in [6.07, 6.45) is 64.7. The minimum absolute atomic E-state index is 0.0844. The van der Waals surface area contributed by atoms with Crippen LogP contribution in [-0.4, -0.2) is 96.7 Å². The van der Waals surface area contributed by atoms with Crippen molar-refractivity contribution in [3.05, 3.63) is 24.3 Å². The van der Waals surface area contributed by atoms with E-state index in [2.05, 4.69) is 65.8 Å². The molecular weight excluding hydrogens is 1310 g/mol. The predicted molar refractivity (Wildman–Crippen MR) is 409 cm³/mol. The van der Waals surface area contributed by atoms with Crippen LogP contribution in [0.15, 0.2) is 24.3 Å². The number of unbranched alkanes of at least 4 members (excludes halogenated alkanes) is 45. The lowest BCUT2D eigenvalue weighted by Crippen LogP contribution is -2.30. The minimum atomic E-state index is -4.97. The van der Waals surface area contributed by atoms with Gasteiger partial charge >= 0.3 is 39.5 Å². The van der Waals surface area contributed by atoms with Gasteiger partial charge in [0.1, 0.15) is 19.3 Å². The molecular formula is C81H154O17P2. The molecule has 0 saturated carbocycles. The highest BCUT2D eigenvalue weighted by Gasteiger charge is 2.30. The molecule has 3 N–H and O–H groups in total. The lowest BCUT2D eigenvalue weighted by atomic mass is 10.0. The maximum absolute atomic E-state index is 13.1. The Morgan fingerprint density at radius 2 is 0.540 bits per heavy atom. The Kier molecular flexibility index (Phi) is 70.3. The first-order valence-corrected chi connectivity index (χ1v) is 44.3. The molecule has 5 atom stereocenters. The molecule has 0 rings (SSSR count). The molecule has 0 aliphatic heterocycles. The number of carbonyl (C=O) groups is 4. The molecule has 0 aromatic heterocycles. The van der Waals surface area contributed by atoms with E-state index in [-0.39, 0.29) is 25.7 Å². The first-order chi connectivity index (χ1) is 48.4. The quantitative estimate of drug-likeness (QED) is 0.0169. The highest BCUT2D eigenvalue weighted by atomic mass is 31.2. The molecule has 0 aliphatic rings. The second-order valence-electron chi connectivity index (χ2n) is 29.4. The normalized spacial score (nSPS) is 14.1. The van der Waals surface area contributed by atoms with E-state index in [1.165, 1.54) is 199 Å². The number of aliphatic hydroxyl groups is 1. The van der Waals surface area contributed by atoms with E-state index in [1.54, 1.807) is 0 Å². The van der Waals surface area contributed by atoms with Gasteiger partial charge < -0.3 is 33.8 Å². The number of aliphatic hydroxyl groups excluding tert-OH is 1. The number of carbonyl (C=O) groups excluding carboxylic acids is 4. The number of ether oxygens (including phenoxy) is 4. The van der Waals surface area contributed by atoms with Crippen LogP contribution in [0.5, 0.6) is 0 Å². The Morgan fingerprint density at radius 1 is 0.310 bits per heavy atom. The molecule has 0 heterocycles. The van der Waals surface area contributed by atoms with Crippen LogP contribution >= 0.6 is 15.6 Å². The fourth-order valence-corrected chi connectivity index (χ4v) is 13.6. The zero-order valence-corrected chi connectivity index (χ0v) is 66.8. The first-order valence-electron chi connectivity index (χ1n) is 41.3. The van der Waals surface area contributed by atoms with E-state index >= 15 is 0 Å². The monoisotopic (exact) mass is 1460 g/mol. The van der Waals surface area contributed by atoms with Crippen molar-refractivity contribution >= 4 is 39.5 Å². The summed E-state index contributed by atoms with van der Waals surface area (Å²) in [5.74, 6) is -0.630. The summed E-state index contributed by atoms with van der Waals surface area (Å²) in [5, 5.41) is 10.6. The molecule has 0 amide bonds. The molecule has 0 bridgehead atoms. The summed E-state index contributed by atoms with van der Waals surface area (Å²) in [4.78, 5) is 73.0. The molecule has 0 aromatic carbocycles. The fraction of sp³-hybridized carbons (Fsp3) is 0.901. The van der Waals surface area contributed by atoms with Crippen molar-refractivity contribution in [1.29, 1.82) is 0 Å². The Balaban J connectivity index is 5.27. The maximum Gasteiger partial charge on any atom is 0.472 e. The molecule has 2 unspecified atom stereocenters. The molecule has 0 spiro atoms. The van der Waals surface area contributed by atoms with Crippen molar-refractivity contribution in [2.45, 2.75) is 419 Å². The number of phosphoric ester groups is 2. The van der Waals surface area contributed by atoms with Gasteiger partial charge in [0.05, 0.1) is 26.4 Å². The molecule has 0 saturated heterocycles. The van der Waals surface area contributed by atoms with Gasteiger partial charge in [-0.05, 0) is 63.2 Å². The Hall–Kier alpha value is -2.46. The van der Waals surface area contributed by atoms with Crippen LogP contribution in [0.3, 0.4) is 0 Å². The average molecular weight is 1460 g/mol. The van der Waals surface area contributed by atoms with Crippen molar-refractivity contribution < 1.29 is 80.2 Å². The largest absolute Gasteiger partial charge is 0.472 e. The smallest absolute Gasteiger partial charge is 0.462 e.